The lowest BCUT2D eigenvalue weighted by molar-refractivity contribution is -0.384. The second kappa shape index (κ2) is 5.65. The predicted octanol–water partition coefficient (Wildman–Crippen LogP) is 2.94. The highest BCUT2D eigenvalue weighted by atomic mass is 32.2. The number of nitrogens with one attached hydrogen (secondary N) is 1. The molecule has 0 spiro atoms. The van der Waals surface area contributed by atoms with Gasteiger partial charge in [-0.3, -0.25) is 19.8 Å². The molecular formula is C15H11N3O4S. The van der Waals surface area contributed by atoms with Gasteiger partial charge in [0.15, 0.2) is 0 Å². The average molecular weight is 329 g/mol. The van der Waals surface area contributed by atoms with Crippen molar-refractivity contribution in [3.8, 4) is 0 Å². The number of hydrogen-bond donors (Lipinski definition) is 1. The molecule has 3 aromatic rings. The van der Waals surface area contributed by atoms with Crippen LogP contribution in [0.25, 0.3) is 10.9 Å². The lowest BCUT2D eigenvalue weighted by Crippen LogP contribution is -2.13. The molecule has 0 unspecified atom stereocenters. The molecule has 116 valence electrons. The minimum absolute atomic E-state index is 0.0158. The Labute approximate surface area is 131 Å². The molecule has 8 heteroatoms. The van der Waals surface area contributed by atoms with Crippen molar-refractivity contribution in [1.82, 2.24) is 4.98 Å². The molecule has 1 aromatic heterocycles. The van der Waals surface area contributed by atoms with E-state index in [1.165, 1.54) is 30.5 Å². The van der Waals surface area contributed by atoms with Crippen molar-refractivity contribution >= 4 is 32.3 Å². The summed E-state index contributed by atoms with van der Waals surface area (Å²) >= 11 is 0. The summed E-state index contributed by atoms with van der Waals surface area (Å²) in [6.07, 6.45) is 1.51. The first-order valence-electron chi connectivity index (χ1n) is 6.58. The van der Waals surface area contributed by atoms with Crippen LogP contribution in [0.2, 0.25) is 0 Å². The maximum atomic E-state index is 12.6. The van der Waals surface area contributed by atoms with Gasteiger partial charge in [-0.1, -0.05) is 24.3 Å². The number of para-hydroxylation sites is 1. The van der Waals surface area contributed by atoms with E-state index in [1.807, 2.05) is 0 Å². The van der Waals surface area contributed by atoms with Gasteiger partial charge in [0, 0.05) is 23.7 Å². The first-order chi connectivity index (χ1) is 11.0. The van der Waals surface area contributed by atoms with Crippen LogP contribution in [0.4, 0.5) is 11.4 Å². The average Bonchev–Trinajstić information content (AvgIpc) is 2.54. The Bertz CT molecular complexity index is 997. The molecule has 1 N–H and O–H groups in total. The molecule has 0 atom stereocenters. The topological polar surface area (TPSA) is 102 Å². The number of hydrogen-bond acceptors (Lipinski definition) is 5. The van der Waals surface area contributed by atoms with Crippen LogP contribution in [-0.4, -0.2) is 18.3 Å². The van der Waals surface area contributed by atoms with E-state index in [0.717, 1.165) is 6.07 Å². The number of anilines is 1. The van der Waals surface area contributed by atoms with Crippen molar-refractivity contribution in [1.29, 1.82) is 0 Å². The third-order valence-electron chi connectivity index (χ3n) is 3.19. The quantitative estimate of drug-likeness (QED) is 0.585. The number of rotatable bonds is 4. The highest BCUT2D eigenvalue weighted by Crippen LogP contribution is 2.24. The van der Waals surface area contributed by atoms with Crippen molar-refractivity contribution < 1.29 is 13.3 Å². The summed E-state index contributed by atoms with van der Waals surface area (Å²) in [5, 5.41) is 11.5. The molecule has 0 amide bonds. The molecule has 0 saturated heterocycles. The van der Waals surface area contributed by atoms with E-state index in [1.54, 1.807) is 24.3 Å². The fourth-order valence-electron chi connectivity index (χ4n) is 2.19. The van der Waals surface area contributed by atoms with Crippen LogP contribution in [0, 0.1) is 10.1 Å². The fourth-order valence-corrected chi connectivity index (χ4v) is 3.42. The number of fused-ring (bicyclic) bond motifs is 1. The minimum Gasteiger partial charge on any atom is -0.279 e. The van der Waals surface area contributed by atoms with Crippen LogP contribution in [-0.2, 0) is 10.0 Å². The van der Waals surface area contributed by atoms with Gasteiger partial charge in [0.25, 0.3) is 15.7 Å². The van der Waals surface area contributed by atoms with Crippen molar-refractivity contribution in [2.75, 3.05) is 4.72 Å². The van der Waals surface area contributed by atoms with E-state index in [2.05, 4.69) is 9.71 Å². The smallest absolute Gasteiger partial charge is 0.271 e. The van der Waals surface area contributed by atoms with Gasteiger partial charge < -0.3 is 0 Å². The largest absolute Gasteiger partial charge is 0.279 e. The highest BCUT2D eigenvalue weighted by Gasteiger charge is 2.19. The molecule has 0 fully saturated rings. The van der Waals surface area contributed by atoms with Crippen LogP contribution < -0.4 is 4.72 Å². The predicted molar refractivity (Wildman–Crippen MR) is 85.6 cm³/mol. The summed E-state index contributed by atoms with van der Waals surface area (Å²) in [5.74, 6) is 0. The first-order valence-corrected chi connectivity index (χ1v) is 8.07. The highest BCUT2D eigenvalue weighted by molar-refractivity contribution is 7.93. The van der Waals surface area contributed by atoms with Gasteiger partial charge in [-0.25, -0.2) is 8.42 Å². The van der Waals surface area contributed by atoms with Crippen LogP contribution >= 0.6 is 0 Å². The number of nitro benzene ring substituents is 1. The molecule has 0 saturated carbocycles. The van der Waals surface area contributed by atoms with E-state index >= 15 is 0 Å². The van der Waals surface area contributed by atoms with E-state index < -0.39 is 14.9 Å². The van der Waals surface area contributed by atoms with Crippen LogP contribution in [0.3, 0.4) is 0 Å². The standard InChI is InChI=1S/C15H11N3O4S/c19-18(20)13-7-2-6-12(10-13)17-23(21,22)14-8-1-4-11-5-3-9-16-15(11)14/h1-10,17H. The fraction of sp³-hybridized carbons (Fsp3) is 0. The zero-order chi connectivity index (χ0) is 16.4. The molecular weight excluding hydrogens is 318 g/mol. The third-order valence-corrected chi connectivity index (χ3v) is 4.61. The molecule has 3 rings (SSSR count). The number of nitrogens with zero attached hydrogens (tertiary/aromatic N) is 2. The van der Waals surface area contributed by atoms with Crippen molar-refractivity contribution in [3.05, 3.63) is 70.9 Å². The Hall–Kier alpha value is -3.00. The van der Waals surface area contributed by atoms with Gasteiger partial charge in [-0.15, -0.1) is 0 Å². The monoisotopic (exact) mass is 329 g/mol. The summed E-state index contributed by atoms with van der Waals surface area (Å²) in [4.78, 5) is 14.3. The summed E-state index contributed by atoms with van der Waals surface area (Å²) in [5.41, 5.74) is 0.265. The van der Waals surface area contributed by atoms with E-state index in [-0.39, 0.29) is 16.3 Å². The molecule has 0 aliphatic heterocycles. The Morgan fingerprint density at radius 3 is 2.57 bits per heavy atom. The Morgan fingerprint density at radius 1 is 1.04 bits per heavy atom. The lowest BCUT2D eigenvalue weighted by atomic mass is 10.2. The van der Waals surface area contributed by atoms with Gasteiger partial charge in [-0.05, 0) is 18.2 Å². The molecule has 0 radical (unpaired) electrons. The second-order valence-corrected chi connectivity index (χ2v) is 6.40. The molecule has 0 bridgehead atoms. The van der Waals surface area contributed by atoms with Crippen molar-refractivity contribution in [3.63, 3.8) is 0 Å². The molecule has 2 aromatic carbocycles. The van der Waals surface area contributed by atoms with Gasteiger partial charge in [0.1, 0.15) is 4.90 Å². The number of pyridine rings is 1. The van der Waals surface area contributed by atoms with Crippen molar-refractivity contribution in [2.45, 2.75) is 4.90 Å². The maximum Gasteiger partial charge on any atom is 0.271 e. The number of nitro groups is 1. The minimum atomic E-state index is -3.92. The zero-order valence-corrected chi connectivity index (χ0v) is 12.5. The van der Waals surface area contributed by atoms with Gasteiger partial charge in [0.2, 0.25) is 0 Å². The second-order valence-electron chi connectivity index (χ2n) is 4.74. The van der Waals surface area contributed by atoms with Crippen molar-refractivity contribution in [2.24, 2.45) is 0 Å². The lowest BCUT2D eigenvalue weighted by Gasteiger charge is -2.09. The molecule has 0 aliphatic rings. The maximum absolute atomic E-state index is 12.6. The van der Waals surface area contributed by atoms with Gasteiger partial charge >= 0.3 is 0 Å². The summed E-state index contributed by atoms with van der Waals surface area (Å²) < 4.78 is 27.5. The molecule has 23 heavy (non-hydrogen) atoms. The van der Waals surface area contributed by atoms with E-state index in [9.17, 15) is 18.5 Å². The SMILES string of the molecule is O=[N+]([O-])c1cccc(NS(=O)(=O)c2cccc3cccnc23)c1. The number of non-ortho nitro benzene ring substituents is 1. The molecule has 0 aliphatic carbocycles. The first kappa shape index (κ1) is 14.9. The van der Waals surface area contributed by atoms with E-state index in [0.29, 0.717) is 10.9 Å². The van der Waals surface area contributed by atoms with Crippen LogP contribution in [0.15, 0.2) is 65.7 Å². The Morgan fingerprint density at radius 2 is 1.78 bits per heavy atom. The summed E-state index contributed by atoms with van der Waals surface area (Å²) in [6, 6.07) is 13.6. The summed E-state index contributed by atoms with van der Waals surface area (Å²) in [7, 11) is -3.92. The molecule has 7 nitrogen and oxygen atoms in total. The van der Waals surface area contributed by atoms with Gasteiger partial charge in [-0.2, -0.15) is 0 Å². The Balaban J connectivity index is 2.05. The number of sulfonamides is 1. The zero-order valence-electron chi connectivity index (χ0n) is 11.7. The van der Waals surface area contributed by atoms with E-state index in [4.69, 9.17) is 0 Å². The molecule has 1 heterocycles. The van der Waals surface area contributed by atoms with Gasteiger partial charge in [0.05, 0.1) is 16.1 Å². The number of aromatic nitrogens is 1. The third kappa shape index (κ3) is 2.97. The van der Waals surface area contributed by atoms with Crippen LogP contribution in [0.1, 0.15) is 0 Å². The number of benzene rings is 2. The normalized spacial score (nSPS) is 11.3. The summed E-state index contributed by atoms with van der Waals surface area (Å²) in [6.45, 7) is 0. The Kier molecular flexibility index (Phi) is 3.67. The van der Waals surface area contributed by atoms with Crippen LogP contribution in [0.5, 0.6) is 0 Å².